The summed E-state index contributed by atoms with van der Waals surface area (Å²) in [7, 11) is 4.09. The van der Waals surface area contributed by atoms with Crippen molar-refractivity contribution in [2.24, 2.45) is 0 Å². The predicted octanol–water partition coefficient (Wildman–Crippen LogP) is 2.54. The Morgan fingerprint density at radius 3 is 2.44 bits per heavy atom. The first-order valence-electron chi connectivity index (χ1n) is 5.90. The molecule has 0 amide bonds. The molecule has 1 aromatic heterocycles. The van der Waals surface area contributed by atoms with Crippen LogP contribution in [-0.4, -0.2) is 24.0 Å². The fourth-order valence-corrected chi connectivity index (χ4v) is 1.67. The van der Waals surface area contributed by atoms with Crippen LogP contribution in [0.3, 0.4) is 0 Å². The van der Waals surface area contributed by atoms with Gasteiger partial charge in [0, 0.05) is 30.1 Å². The average Bonchev–Trinajstić information content (AvgIpc) is 2.37. The molecular weight excluding hydrogens is 220 g/mol. The van der Waals surface area contributed by atoms with Gasteiger partial charge in [-0.3, -0.25) is 4.98 Å². The maximum absolute atomic E-state index is 4.22. The molecule has 1 aromatic carbocycles. The van der Waals surface area contributed by atoms with Gasteiger partial charge in [0.05, 0.1) is 0 Å². The Morgan fingerprint density at radius 2 is 1.72 bits per heavy atom. The van der Waals surface area contributed by atoms with Crippen molar-refractivity contribution < 1.29 is 0 Å². The van der Waals surface area contributed by atoms with E-state index >= 15 is 0 Å². The van der Waals surface area contributed by atoms with Crippen LogP contribution < -0.4 is 0 Å². The van der Waals surface area contributed by atoms with Crippen molar-refractivity contribution in [3.63, 3.8) is 0 Å². The van der Waals surface area contributed by atoms with Gasteiger partial charge in [-0.25, -0.2) is 0 Å². The van der Waals surface area contributed by atoms with Crippen molar-refractivity contribution in [3.8, 4) is 11.8 Å². The second-order valence-electron chi connectivity index (χ2n) is 4.44. The summed E-state index contributed by atoms with van der Waals surface area (Å²) >= 11 is 0. The average molecular weight is 236 g/mol. The van der Waals surface area contributed by atoms with Crippen LogP contribution >= 0.6 is 0 Å². The number of nitrogens with zero attached hydrogens (tertiary/aromatic N) is 2. The maximum atomic E-state index is 4.22. The van der Waals surface area contributed by atoms with E-state index in [0.29, 0.717) is 0 Å². The van der Waals surface area contributed by atoms with E-state index in [2.05, 4.69) is 27.8 Å². The van der Waals surface area contributed by atoms with E-state index in [1.807, 2.05) is 50.6 Å². The van der Waals surface area contributed by atoms with Crippen LogP contribution in [0.1, 0.15) is 16.7 Å². The molecule has 90 valence electrons. The van der Waals surface area contributed by atoms with Gasteiger partial charge in [0.2, 0.25) is 0 Å². The van der Waals surface area contributed by atoms with Crippen molar-refractivity contribution in [2.45, 2.75) is 6.54 Å². The van der Waals surface area contributed by atoms with Crippen LogP contribution in [0.25, 0.3) is 0 Å². The molecule has 2 nitrogen and oxygen atoms in total. The van der Waals surface area contributed by atoms with Crippen LogP contribution in [0.15, 0.2) is 48.8 Å². The molecule has 0 atom stereocenters. The molecule has 0 saturated carbocycles. The molecule has 1 heterocycles. The van der Waals surface area contributed by atoms with Gasteiger partial charge in [0.1, 0.15) is 0 Å². The van der Waals surface area contributed by atoms with Gasteiger partial charge in [0.15, 0.2) is 0 Å². The van der Waals surface area contributed by atoms with Crippen molar-refractivity contribution in [1.82, 2.24) is 9.88 Å². The zero-order valence-corrected chi connectivity index (χ0v) is 10.7. The van der Waals surface area contributed by atoms with Gasteiger partial charge < -0.3 is 4.90 Å². The Hall–Kier alpha value is -2.11. The molecule has 0 N–H and O–H groups in total. The number of rotatable bonds is 2. The molecule has 0 unspecified atom stereocenters. The highest BCUT2D eigenvalue weighted by Gasteiger charge is 1.96. The van der Waals surface area contributed by atoms with Gasteiger partial charge in [-0.2, -0.15) is 0 Å². The molecule has 0 bridgehead atoms. The Morgan fingerprint density at radius 1 is 1.00 bits per heavy atom. The molecule has 0 radical (unpaired) electrons. The lowest BCUT2D eigenvalue weighted by Crippen LogP contribution is -2.10. The minimum absolute atomic E-state index is 0.883. The third kappa shape index (κ3) is 3.73. The molecule has 2 rings (SSSR count). The van der Waals surface area contributed by atoms with Gasteiger partial charge in [-0.15, -0.1) is 0 Å². The fraction of sp³-hybridized carbons (Fsp3) is 0.188. The lowest BCUT2D eigenvalue weighted by Gasteiger charge is -2.08. The summed E-state index contributed by atoms with van der Waals surface area (Å²) in [6, 6.07) is 12.1. The normalized spacial score (nSPS) is 9.94. The molecule has 0 aliphatic heterocycles. The van der Waals surface area contributed by atoms with E-state index in [9.17, 15) is 0 Å². The molecule has 2 heteroatoms. The van der Waals surface area contributed by atoms with Crippen LogP contribution in [0.4, 0.5) is 0 Å². The Labute approximate surface area is 108 Å². The summed E-state index contributed by atoms with van der Waals surface area (Å²) in [4.78, 5) is 6.34. The zero-order chi connectivity index (χ0) is 12.8. The summed E-state index contributed by atoms with van der Waals surface area (Å²) in [5.41, 5.74) is 3.16. The van der Waals surface area contributed by atoms with Crippen molar-refractivity contribution >= 4 is 0 Å². The molecule has 0 saturated heterocycles. The van der Waals surface area contributed by atoms with Gasteiger partial charge >= 0.3 is 0 Å². The Kier molecular flexibility index (Phi) is 4.11. The first-order chi connectivity index (χ1) is 8.74. The van der Waals surface area contributed by atoms with Crippen LogP contribution in [-0.2, 0) is 6.54 Å². The molecule has 18 heavy (non-hydrogen) atoms. The maximum Gasteiger partial charge on any atom is 0.0435 e. The first kappa shape index (κ1) is 12.3. The van der Waals surface area contributed by atoms with E-state index in [1.165, 1.54) is 5.56 Å². The summed E-state index contributed by atoms with van der Waals surface area (Å²) < 4.78 is 0. The highest BCUT2D eigenvalue weighted by atomic mass is 15.0. The number of pyridine rings is 1. The van der Waals surface area contributed by atoms with E-state index in [-0.39, 0.29) is 0 Å². The largest absolute Gasteiger partial charge is 0.305 e. The van der Waals surface area contributed by atoms with Crippen LogP contribution in [0.2, 0.25) is 0 Å². The van der Waals surface area contributed by atoms with Gasteiger partial charge in [-0.1, -0.05) is 30.0 Å². The number of hydrogen-bond donors (Lipinski definition) is 0. The number of benzene rings is 1. The Bertz CT molecular complexity index is 562. The summed E-state index contributed by atoms with van der Waals surface area (Å²) in [6.07, 6.45) is 3.68. The predicted molar refractivity (Wildman–Crippen MR) is 74.1 cm³/mol. The molecule has 0 aliphatic carbocycles. The zero-order valence-electron chi connectivity index (χ0n) is 10.7. The molecule has 0 aliphatic rings. The van der Waals surface area contributed by atoms with Crippen molar-refractivity contribution in [2.75, 3.05) is 14.1 Å². The van der Waals surface area contributed by atoms with Gasteiger partial charge in [0.25, 0.3) is 0 Å². The minimum atomic E-state index is 0.883. The first-order valence-corrected chi connectivity index (χ1v) is 5.90. The van der Waals surface area contributed by atoms with Crippen LogP contribution in [0, 0.1) is 11.8 Å². The third-order valence-corrected chi connectivity index (χ3v) is 2.42. The molecular formula is C16H16N2. The van der Waals surface area contributed by atoms with E-state index in [0.717, 1.165) is 17.7 Å². The third-order valence-electron chi connectivity index (χ3n) is 2.42. The fourth-order valence-electron chi connectivity index (χ4n) is 1.67. The quantitative estimate of drug-likeness (QED) is 0.745. The summed E-state index contributed by atoms with van der Waals surface area (Å²) in [5.74, 6) is 6.28. The minimum Gasteiger partial charge on any atom is -0.305 e. The smallest absolute Gasteiger partial charge is 0.0435 e. The highest BCUT2D eigenvalue weighted by molar-refractivity contribution is 5.42. The monoisotopic (exact) mass is 236 g/mol. The molecule has 2 aromatic rings. The van der Waals surface area contributed by atoms with Crippen molar-refractivity contribution in [1.29, 1.82) is 0 Å². The lowest BCUT2D eigenvalue weighted by atomic mass is 10.2. The van der Waals surface area contributed by atoms with E-state index < -0.39 is 0 Å². The van der Waals surface area contributed by atoms with Crippen LogP contribution in [0.5, 0.6) is 0 Å². The lowest BCUT2D eigenvalue weighted by molar-refractivity contribution is 0.402. The van der Waals surface area contributed by atoms with Crippen molar-refractivity contribution in [3.05, 3.63) is 65.5 Å². The summed E-state index contributed by atoms with van der Waals surface area (Å²) in [6.45, 7) is 0.883. The highest BCUT2D eigenvalue weighted by Crippen LogP contribution is 2.04. The molecule has 0 spiro atoms. The number of aromatic nitrogens is 1. The number of hydrogen-bond acceptors (Lipinski definition) is 2. The van der Waals surface area contributed by atoms with Gasteiger partial charge in [-0.05, 0) is 37.9 Å². The molecule has 0 fully saturated rings. The second kappa shape index (κ2) is 6.00. The standard InChI is InChI=1S/C16H16N2/c1-18(2)13-16-10-15(11-17-12-16)9-8-14-6-4-3-5-7-14/h3-7,10-12H,13H2,1-2H3. The topological polar surface area (TPSA) is 16.1 Å². The SMILES string of the molecule is CN(C)Cc1cncc(C#Cc2ccccc2)c1. The van der Waals surface area contributed by atoms with E-state index in [4.69, 9.17) is 0 Å². The second-order valence-corrected chi connectivity index (χ2v) is 4.44. The summed E-state index contributed by atoms with van der Waals surface area (Å²) in [5, 5.41) is 0. The Balaban J connectivity index is 2.17. The van der Waals surface area contributed by atoms with E-state index in [1.54, 1.807) is 6.20 Å².